The van der Waals surface area contributed by atoms with Gasteiger partial charge in [0.05, 0.1) is 4.90 Å². The molecule has 0 aliphatic carbocycles. The van der Waals surface area contributed by atoms with Gasteiger partial charge in [0.25, 0.3) is 0 Å². The lowest BCUT2D eigenvalue weighted by atomic mass is 10.1. The first-order valence-electron chi connectivity index (χ1n) is 9.39. The number of benzene rings is 3. The number of rotatable bonds is 8. The molecule has 0 unspecified atom stereocenters. The van der Waals surface area contributed by atoms with Crippen LogP contribution in [-0.2, 0) is 16.4 Å². The first kappa shape index (κ1) is 22.6. The summed E-state index contributed by atoms with van der Waals surface area (Å²) >= 11 is 6.97. The Morgan fingerprint density at radius 2 is 1.60 bits per heavy atom. The van der Waals surface area contributed by atoms with Gasteiger partial charge in [0, 0.05) is 22.4 Å². The predicted molar refractivity (Wildman–Crippen MR) is 124 cm³/mol. The summed E-state index contributed by atoms with van der Waals surface area (Å²) in [5.74, 6) is 0.307. The van der Waals surface area contributed by atoms with Gasteiger partial charge < -0.3 is 0 Å². The maximum absolute atomic E-state index is 12.9. The zero-order chi connectivity index (χ0) is 21.6. The Morgan fingerprint density at radius 3 is 2.23 bits per heavy atom. The Bertz CT molecular complexity index is 1080. The van der Waals surface area contributed by atoms with E-state index in [0.717, 1.165) is 22.9 Å². The van der Waals surface area contributed by atoms with E-state index in [1.54, 1.807) is 48.5 Å². The third-order valence-corrected chi connectivity index (χ3v) is 7.33. The Labute approximate surface area is 186 Å². The number of thioether (sulfide) groups is 1. The number of hydrogen-bond acceptors (Lipinski definition) is 4. The normalized spacial score (nSPS) is 12.5. The molecule has 0 amide bonds. The van der Waals surface area contributed by atoms with Crippen molar-refractivity contribution in [3.8, 4) is 0 Å². The number of hydrogen-bond donors (Lipinski definition) is 1. The van der Waals surface area contributed by atoms with E-state index in [0.29, 0.717) is 22.8 Å². The Kier molecular flexibility index (Phi) is 7.72. The molecule has 3 rings (SSSR count). The summed E-state index contributed by atoms with van der Waals surface area (Å²) < 4.78 is 28.5. The fraction of sp³-hybridized carbons (Fsp3) is 0.174. The minimum absolute atomic E-state index is 0.126. The molecule has 1 atom stereocenters. The van der Waals surface area contributed by atoms with Gasteiger partial charge >= 0.3 is 0 Å². The lowest BCUT2D eigenvalue weighted by Gasteiger charge is -2.18. The molecular formula is C23H22ClNO3S2. The molecule has 3 aromatic carbocycles. The first-order valence-corrected chi connectivity index (χ1v) is 12.2. The van der Waals surface area contributed by atoms with Crippen LogP contribution in [0.5, 0.6) is 0 Å². The molecular weight excluding hydrogens is 438 g/mol. The van der Waals surface area contributed by atoms with Gasteiger partial charge in [-0.1, -0.05) is 71.4 Å². The van der Waals surface area contributed by atoms with Crippen LogP contribution in [0.2, 0.25) is 5.02 Å². The largest absolute Gasteiger partial charge is 0.282 e. The maximum Gasteiger partial charge on any atom is 0.240 e. The fourth-order valence-corrected chi connectivity index (χ4v) is 5.21. The SMILES string of the molecule is Cc1ccc(S(=O)(=O)N[C@H](CSC(=O)c2ccc(Cl)cc2)Cc2ccccc2)cc1. The van der Waals surface area contributed by atoms with Crippen LogP contribution in [0.1, 0.15) is 21.5 Å². The van der Waals surface area contributed by atoms with Crippen molar-refractivity contribution < 1.29 is 13.2 Å². The van der Waals surface area contributed by atoms with Gasteiger partial charge in [-0.15, -0.1) is 0 Å². The second kappa shape index (κ2) is 10.3. The third kappa shape index (κ3) is 6.44. The molecule has 30 heavy (non-hydrogen) atoms. The van der Waals surface area contributed by atoms with E-state index >= 15 is 0 Å². The summed E-state index contributed by atoms with van der Waals surface area (Å²) in [6.07, 6.45) is 0.479. The van der Waals surface area contributed by atoms with Crippen molar-refractivity contribution >= 4 is 38.5 Å². The Balaban J connectivity index is 1.75. The zero-order valence-electron chi connectivity index (χ0n) is 16.4. The highest BCUT2D eigenvalue weighted by molar-refractivity contribution is 8.14. The zero-order valence-corrected chi connectivity index (χ0v) is 18.8. The van der Waals surface area contributed by atoms with Gasteiger partial charge in [-0.05, 0) is 55.3 Å². The molecule has 7 heteroatoms. The molecule has 0 aromatic heterocycles. The lowest BCUT2D eigenvalue weighted by Crippen LogP contribution is -2.38. The van der Waals surface area contributed by atoms with Crippen LogP contribution < -0.4 is 4.72 Å². The van der Waals surface area contributed by atoms with Gasteiger partial charge in [-0.3, -0.25) is 4.79 Å². The van der Waals surface area contributed by atoms with Crippen molar-refractivity contribution in [3.05, 3.63) is 101 Å². The van der Waals surface area contributed by atoms with Crippen molar-refractivity contribution in [1.82, 2.24) is 4.72 Å². The van der Waals surface area contributed by atoms with Crippen molar-refractivity contribution in [2.75, 3.05) is 5.75 Å². The summed E-state index contributed by atoms with van der Waals surface area (Å²) in [5.41, 5.74) is 2.51. The van der Waals surface area contributed by atoms with E-state index in [-0.39, 0.29) is 10.0 Å². The fourth-order valence-electron chi connectivity index (χ4n) is 2.88. The smallest absolute Gasteiger partial charge is 0.240 e. The minimum Gasteiger partial charge on any atom is -0.282 e. The van der Waals surface area contributed by atoms with Gasteiger partial charge in [0.2, 0.25) is 15.1 Å². The summed E-state index contributed by atoms with van der Waals surface area (Å²) in [4.78, 5) is 12.7. The standard InChI is InChI=1S/C23H22ClNO3S2/c1-17-7-13-22(14-8-17)30(27,28)25-21(15-18-5-3-2-4-6-18)16-29-23(26)19-9-11-20(24)12-10-19/h2-14,21,25H,15-16H2,1H3/t21-/m0/s1. The molecule has 0 radical (unpaired) electrons. The summed E-state index contributed by atoms with van der Waals surface area (Å²) in [5, 5.41) is 0.434. The summed E-state index contributed by atoms with van der Waals surface area (Å²) in [6.45, 7) is 1.90. The third-order valence-electron chi connectivity index (χ3n) is 4.47. The number of aryl methyl sites for hydroxylation is 1. The number of halogens is 1. The van der Waals surface area contributed by atoms with E-state index in [4.69, 9.17) is 11.6 Å². The van der Waals surface area contributed by atoms with Crippen molar-refractivity contribution in [3.63, 3.8) is 0 Å². The first-order chi connectivity index (χ1) is 14.3. The molecule has 0 heterocycles. The number of carbonyl (C=O) groups excluding carboxylic acids is 1. The van der Waals surface area contributed by atoms with Crippen LogP contribution in [0.4, 0.5) is 0 Å². The highest BCUT2D eigenvalue weighted by Gasteiger charge is 2.22. The Morgan fingerprint density at radius 1 is 0.967 bits per heavy atom. The van der Waals surface area contributed by atoms with E-state index in [9.17, 15) is 13.2 Å². The second-order valence-electron chi connectivity index (χ2n) is 6.93. The summed E-state index contributed by atoms with van der Waals surface area (Å²) in [6, 6.07) is 22.5. The quantitative estimate of drug-likeness (QED) is 0.508. The molecule has 1 N–H and O–H groups in total. The van der Waals surface area contributed by atoms with Crippen LogP contribution in [0, 0.1) is 6.92 Å². The van der Waals surface area contributed by atoms with Gasteiger partial charge in [-0.25, -0.2) is 13.1 Å². The molecule has 0 spiro atoms. The van der Waals surface area contributed by atoms with Crippen LogP contribution in [-0.4, -0.2) is 25.3 Å². The number of sulfonamides is 1. The predicted octanol–water partition coefficient (Wildman–Crippen LogP) is 5.11. The molecule has 0 bridgehead atoms. The van der Waals surface area contributed by atoms with E-state index in [1.807, 2.05) is 37.3 Å². The van der Waals surface area contributed by atoms with Crippen LogP contribution in [0.25, 0.3) is 0 Å². The van der Waals surface area contributed by atoms with E-state index < -0.39 is 16.1 Å². The average Bonchev–Trinajstić information content (AvgIpc) is 2.73. The van der Waals surface area contributed by atoms with E-state index in [2.05, 4.69) is 4.72 Å². The monoisotopic (exact) mass is 459 g/mol. The summed E-state index contributed by atoms with van der Waals surface area (Å²) in [7, 11) is -3.71. The van der Waals surface area contributed by atoms with Gasteiger partial charge in [0.15, 0.2) is 0 Å². The van der Waals surface area contributed by atoms with Crippen molar-refractivity contribution in [1.29, 1.82) is 0 Å². The highest BCUT2D eigenvalue weighted by atomic mass is 35.5. The van der Waals surface area contributed by atoms with E-state index in [1.165, 1.54) is 0 Å². The molecule has 0 aliphatic rings. The molecule has 0 saturated heterocycles. The molecule has 0 saturated carbocycles. The molecule has 4 nitrogen and oxygen atoms in total. The van der Waals surface area contributed by atoms with Crippen molar-refractivity contribution in [2.45, 2.75) is 24.3 Å². The number of carbonyl (C=O) groups is 1. The van der Waals surface area contributed by atoms with Crippen LogP contribution in [0.3, 0.4) is 0 Å². The molecule has 156 valence electrons. The molecule has 3 aromatic rings. The molecule has 0 aliphatic heterocycles. The topological polar surface area (TPSA) is 63.2 Å². The number of nitrogens with one attached hydrogen (secondary N) is 1. The average molecular weight is 460 g/mol. The Hall–Kier alpha value is -2.12. The lowest BCUT2D eigenvalue weighted by molar-refractivity contribution is 0.108. The second-order valence-corrected chi connectivity index (χ2v) is 10.1. The minimum atomic E-state index is -3.71. The molecule has 0 fully saturated rings. The van der Waals surface area contributed by atoms with Crippen LogP contribution >= 0.6 is 23.4 Å². The van der Waals surface area contributed by atoms with Crippen molar-refractivity contribution in [2.24, 2.45) is 0 Å². The van der Waals surface area contributed by atoms with Gasteiger partial charge in [0.1, 0.15) is 0 Å². The highest BCUT2D eigenvalue weighted by Crippen LogP contribution is 2.19. The van der Waals surface area contributed by atoms with Gasteiger partial charge in [-0.2, -0.15) is 0 Å². The van der Waals surface area contributed by atoms with Crippen LogP contribution in [0.15, 0.2) is 83.8 Å². The maximum atomic E-state index is 12.9.